The predicted octanol–water partition coefficient (Wildman–Crippen LogP) is 1.58. The third-order valence-corrected chi connectivity index (χ3v) is 2.71. The molecule has 0 bridgehead atoms. The van der Waals surface area contributed by atoms with Gasteiger partial charge in [0.25, 0.3) is 11.9 Å². The van der Waals surface area contributed by atoms with E-state index in [-0.39, 0.29) is 23.8 Å². The quantitative estimate of drug-likeness (QED) is 0.663. The Kier molecular flexibility index (Phi) is 4.97. The first-order chi connectivity index (χ1) is 9.29. The number of furan rings is 1. The molecular formula is C13H18N2O4. The highest BCUT2D eigenvalue weighted by Gasteiger charge is 2.16. The molecule has 0 aromatic carbocycles. The van der Waals surface area contributed by atoms with E-state index in [1.54, 1.807) is 12.1 Å². The van der Waals surface area contributed by atoms with Gasteiger partial charge in [-0.25, -0.2) is 4.99 Å². The van der Waals surface area contributed by atoms with Gasteiger partial charge < -0.3 is 13.9 Å². The topological polar surface area (TPSA) is 73.1 Å². The lowest BCUT2D eigenvalue weighted by Gasteiger charge is -2.10. The lowest BCUT2D eigenvalue weighted by atomic mass is 10.2. The number of hydrogen-bond donors (Lipinski definition) is 1. The molecule has 0 saturated carbocycles. The van der Waals surface area contributed by atoms with Crippen LogP contribution in [0.25, 0.3) is 0 Å². The van der Waals surface area contributed by atoms with Crippen LogP contribution < -0.4 is 5.32 Å². The molecule has 1 aromatic heterocycles. The van der Waals surface area contributed by atoms with Gasteiger partial charge >= 0.3 is 0 Å². The van der Waals surface area contributed by atoms with Crippen LogP contribution in [0.2, 0.25) is 0 Å². The van der Waals surface area contributed by atoms with Crippen LogP contribution in [0.3, 0.4) is 0 Å². The maximum Gasteiger partial charge on any atom is 0.294 e. The summed E-state index contributed by atoms with van der Waals surface area (Å²) in [6.07, 6.45) is 3.62. The van der Waals surface area contributed by atoms with E-state index in [9.17, 15) is 4.79 Å². The van der Waals surface area contributed by atoms with Crippen LogP contribution >= 0.6 is 0 Å². The summed E-state index contributed by atoms with van der Waals surface area (Å²) in [7, 11) is 0. The van der Waals surface area contributed by atoms with Crippen LogP contribution in [0.4, 0.5) is 0 Å². The van der Waals surface area contributed by atoms with Gasteiger partial charge in [0.15, 0.2) is 5.76 Å². The molecule has 1 unspecified atom stereocenters. The Balaban J connectivity index is 1.91. The van der Waals surface area contributed by atoms with Gasteiger partial charge in [-0.2, -0.15) is 0 Å². The zero-order chi connectivity index (χ0) is 13.5. The zero-order valence-corrected chi connectivity index (χ0v) is 10.9. The maximum absolute atomic E-state index is 11.8. The van der Waals surface area contributed by atoms with Crippen LogP contribution in [-0.4, -0.2) is 37.8 Å². The summed E-state index contributed by atoms with van der Waals surface area (Å²) in [5.74, 6) is -0.144. The van der Waals surface area contributed by atoms with E-state index in [0.717, 1.165) is 19.4 Å². The lowest BCUT2D eigenvalue weighted by molar-refractivity contribution is 0.0936. The molecule has 19 heavy (non-hydrogen) atoms. The highest BCUT2D eigenvalue weighted by Crippen LogP contribution is 2.11. The number of amides is 1. The summed E-state index contributed by atoms with van der Waals surface area (Å²) in [5.41, 5.74) is 0. The van der Waals surface area contributed by atoms with E-state index >= 15 is 0 Å². The van der Waals surface area contributed by atoms with Crippen molar-refractivity contribution in [2.45, 2.75) is 25.9 Å². The summed E-state index contributed by atoms with van der Waals surface area (Å²) in [4.78, 5) is 16.0. The predicted molar refractivity (Wildman–Crippen MR) is 69.1 cm³/mol. The van der Waals surface area contributed by atoms with Crippen LogP contribution in [0.15, 0.2) is 27.8 Å². The van der Waals surface area contributed by atoms with Crippen molar-refractivity contribution in [3.8, 4) is 0 Å². The molecule has 6 heteroatoms. The minimum absolute atomic E-state index is 0.121. The van der Waals surface area contributed by atoms with E-state index < -0.39 is 0 Å². The summed E-state index contributed by atoms with van der Waals surface area (Å²) < 4.78 is 15.8. The van der Waals surface area contributed by atoms with E-state index in [0.29, 0.717) is 13.2 Å². The Hall–Kier alpha value is -1.82. The molecule has 1 fully saturated rings. The number of ether oxygens (including phenoxy) is 2. The van der Waals surface area contributed by atoms with Gasteiger partial charge in [-0.3, -0.25) is 10.1 Å². The van der Waals surface area contributed by atoms with Crippen molar-refractivity contribution in [2.75, 3.05) is 19.8 Å². The number of hydrogen-bond acceptors (Lipinski definition) is 5. The molecule has 2 heterocycles. The van der Waals surface area contributed by atoms with Crippen molar-refractivity contribution in [3.63, 3.8) is 0 Å². The molecule has 2 rings (SSSR count). The fraction of sp³-hybridized carbons (Fsp3) is 0.538. The number of nitrogens with one attached hydrogen (secondary N) is 1. The minimum atomic E-state index is -0.371. The molecule has 1 saturated heterocycles. The van der Waals surface area contributed by atoms with Crippen molar-refractivity contribution in [3.05, 3.63) is 24.2 Å². The average Bonchev–Trinajstić information content (AvgIpc) is 3.09. The Morgan fingerprint density at radius 2 is 2.53 bits per heavy atom. The zero-order valence-electron chi connectivity index (χ0n) is 10.9. The third kappa shape index (κ3) is 4.10. The first kappa shape index (κ1) is 13.6. The molecule has 0 radical (unpaired) electrons. The highest BCUT2D eigenvalue weighted by atomic mass is 16.5. The summed E-state index contributed by atoms with van der Waals surface area (Å²) in [5, 5.41) is 2.58. The lowest BCUT2D eigenvalue weighted by Crippen LogP contribution is -2.33. The first-order valence-electron chi connectivity index (χ1n) is 6.43. The van der Waals surface area contributed by atoms with Gasteiger partial charge in [0.05, 0.1) is 25.5 Å². The molecule has 1 atom stereocenters. The van der Waals surface area contributed by atoms with E-state index in [4.69, 9.17) is 13.9 Å². The first-order valence-corrected chi connectivity index (χ1v) is 6.43. The molecule has 104 valence electrons. The van der Waals surface area contributed by atoms with Crippen LogP contribution in [0.5, 0.6) is 0 Å². The fourth-order valence-electron chi connectivity index (χ4n) is 1.80. The van der Waals surface area contributed by atoms with Crippen LogP contribution in [0.1, 0.15) is 30.3 Å². The van der Waals surface area contributed by atoms with Crippen LogP contribution in [-0.2, 0) is 9.47 Å². The molecule has 1 N–H and O–H groups in total. The van der Waals surface area contributed by atoms with Gasteiger partial charge in [0.1, 0.15) is 0 Å². The molecule has 1 amide bonds. The Bertz CT molecular complexity index is 422. The summed E-state index contributed by atoms with van der Waals surface area (Å²) >= 11 is 0. The fourth-order valence-corrected chi connectivity index (χ4v) is 1.80. The standard InChI is InChI=1S/C13H18N2O4/c1-2-17-13(14-9-10-5-3-7-18-10)15-12(16)11-6-4-8-19-11/h4,6,8,10H,2-3,5,7,9H2,1H3,(H,14,15,16). The Labute approximate surface area is 111 Å². The number of nitrogens with zero attached hydrogens (tertiary/aromatic N) is 1. The van der Waals surface area contributed by atoms with Gasteiger partial charge in [0.2, 0.25) is 0 Å². The van der Waals surface area contributed by atoms with E-state index in [1.807, 2.05) is 6.92 Å². The molecule has 6 nitrogen and oxygen atoms in total. The van der Waals surface area contributed by atoms with Crippen LogP contribution in [0, 0.1) is 0 Å². The molecular weight excluding hydrogens is 248 g/mol. The number of carbonyl (C=O) groups excluding carboxylic acids is 1. The average molecular weight is 266 g/mol. The van der Waals surface area contributed by atoms with Crippen molar-refractivity contribution in [1.29, 1.82) is 0 Å². The van der Waals surface area contributed by atoms with Crippen molar-refractivity contribution >= 4 is 11.9 Å². The second-order valence-electron chi connectivity index (χ2n) is 4.15. The number of carbonyl (C=O) groups is 1. The number of amidine groups is 1. The second-order valence-corrected chi connectivity index (χ2v) is 4.15. The van der Waals surface area contributed by atoms with E-state index in [2.05, 4.69) is 10.3 Å². The van der Waals surface area contributed by atoms with Crippen molar-refractivity contribution < 1.29 is 18.7 Å². The number of rotatable bonds is 4. The smallest absolute Gasteiger partial charge is 0.294 e. The van der Waals surface area contributed by atoms with Gasteiger partial charge in [-0.1, -0.05) is 0 Å². The SMILES string of the molecule is CCOC(=NCC1CCCO1)NC(=O)c1ccco1. The van der Waals surface area contributed by atoms with E-state index in [1.165, 1.54) is 6.26 Å². The van der Waals surface area contributed by atoms with Gasteiger partial charge in [0, 0.05) is 6.61 Å². The summed E-state index contributed by atoms with van der Waals surface area (Å²) in [6, 6.07) is 3.44. The third-order valence-electron chi connectivity index (χ3n) is 2.71. The second kappa shape index (κ2) is 6.94. The largest absolute Gasteiger partial charge is 0.465 e. The molecule has 0 spiro atoms. The van der Waals surface area contributed by atoms with Crippen molar-refractivity contribution in [2.24, 2.45) is 4.99 Å². The Morgan fingerprint density at radius 3 is 3.16 bits per heavy atom. The molecule has 1 aliphatic heterocycles. The maximum atomic E-state index is 11.8. The van der Waals surface area contributed by atoms with Gasteiger partial charge in [-0.05, 0) is 31.9 Å². The van der Waals surface area contributed by atoms with Gasteiger partial charge in [-0.15, -0.1) is 0 Å². The molecule has 0 aliphatic carbocycles. The number of aliphatic imine (C=N–C) groups is 1. The monoisotopic (exact) mass is 266 g/mol. The molecule has 1 aromatic rings. The summed E-state index contributed by atoms with van der Waals surface area (Å²) in [6.45, 7) is 3.54. The minimum Gasteiger partial charge on any atom is -0.465 e. The highest BCUT2D eigenvalue weighted by molar-refractivity contribution is 6.02. The molecule has 1 aliphatic rings. The van der Waals surface area contributed by atoms with Crippen molar-refractivity contribution in [1.82, 2.24) is 5.32 Å². The Morgan fingerprint density at radius 1 is 1.63 bits per heavy atom. The normalized spacial score (nSPS) is 19.4.